The Labute approximate surface area is 125 Å². The van der Waals surface area contributed by atoms with Crippen molar-refractivity contribution in [2.24, 2.45) is 5.73 Å². The van der Waals surface area contributed by atoms with Crippen molar-refractivity contribution in [2.75, 3.05) is 23.9 Å². The molecule has 0 aliphatic carbocycles. The topological polar surface area (TPSA) is 66.6 Å². The number of rotatable bonds is 6. The molecule has 0 amide bonds. The highest BCUT2D eigenvalue weighted by Crippen LogP contribution is 2.23. The van der Waals surface area contributed by atoms with Crippen molar-refractivity contribution in [3.05, 3.63) is 30.3 Å². The van der Waals surface area contributed by atoms with E-state index >= 15 is 0 Å². The smallest absolute Gasteiger partial charge is 0.304 e. The molecule has 1 aromatic rings. The normalized spacial score (nSPS) is 16.2. The Morgan fingerprint density at radius 2 is 1.85 bits per heavy atom. The minimum atomic E-state index is -3.50. The van der Waals surface area contributed by atoms with E-state index in [1.807, 2.05) is 18.2 Å². The molecule has 1 aliphatic rings. The van der Waals surface area contributed by atoms with E-state index in [0.717, 1.165) is 12.8 Å². The molecule has 1 fully saturated rings. The Bertz CT molecular complexity index is 554. The molecule has 0 spiro atoms. The maximum atomic E-state index is 12.7. The highest BCUT2D eigenvalue weighted by atomic mass is 32.2. The Morgan fingerprint density at radius 3 is 2.40 bits per heavy atom. The molecule has 1 saturated heterocycles. The summed E-state index contributed by atoms with van der Waals surface area (Å²) in [5.41, 5.74) is 6.16. The van der Waals surface area contributed by atoms with Gasteiger partial charge in [0, 0.05) is 26.1 Å². The van der Waals surface area contributed by atoms with Crippen LogP contribution in [0, 0.1) is 0 Å². The highest BCUT2D eigenvalue weighted by Gasteiger charge is 2.31. The number of hydrogen-bond acceptors (Lipinski definition) is 3. The van der Waals surface area contributed by atoms with Crippen LogP contribution in [0.1, 0.15) is 19.3 Å². The lowest BCUT2D eigenvalue weighted by Gasteiger charge is -2.28. The quantitative estimate of drug-likeness (QED) is 0.809. The Hall–Kier alpha value is -1.18. The van der Waals surface area contributed by atoms with Crippen molar-refractivity contribution in [1.29, 1.82) is 0 Å². The first-order valence-corrected chi connectivity index (χ1v) is 8.43. The molecule has 0 atom stereocenters. The van der Waals surface area contributed by atoms with Crippen molar-refractivity contribution in [1.82, 2.24) is 4.31 Å². The summed E-state index contributed by atoms with van der Waals surface area (Å²) in [5, 5.41) is 0. The van der Waals surface area contributed by atoms with E-state index in [9.17, 15) is 8.42 Å². The standard InChI is InChI=1S/C13H19N3O2S2/c14-13(19)8-11-16(12-6-2-1-3-7-12)20(17,18)15-9-4-5-10-15/h1-3,6-7H,4-5,8-11H2,(H2,14,19). The molecular weight excluding hydrogens is 294 g/mol. The van der Waals surface area contributed by atoms with Gasteiger partial charge in [-0.1, -0.05) is 30.4 Å². The average molecular weight is 313 g/mol. The summed E-state index contributed by atoms with van der Waals surface area (Å²) in [4.78, 5) is 0.322. The molecule has 5 nitrogen and oxygen atoms in total. The summed E-state index contributed by atoms with van der Waals surface area (Å²) in [7, 11) is -3.50. The van der Waals surface area contributed by atoms with Gasteiger partial charge in [0.25, 0.3) is 0 Å². The second kappa shape index (κ2) is 6.51. The average Bonchev–Trinajstić information content (AvgIpc) is 2.94. The molecule has 20 heavy (non-hydrogen) atoms. The number of thiocarbonyl (C=S) groups is 1. The number of benzene rings is 1. The van der Waals surface area contributed by atoms with Crippen LogP contribution in [0.5, 0.6) is 0 Å². The lowest BCUT2D eigenvalue weighted by Crippen LogP contribution is -2.43. The fourth-order valence-corrected chi connectivity index (χ4v) is 4.04. The molecule has 0 unspecified atom stereocenters. The fraction of sp³-hybridized carbons (Fsp3) is 0.462. The van der Waals surface area contributed by atoms with Crippen molar-refractivity contribution >= 4 is 33.1 Å². The fourth-order valence-electron chi connectivity index (χ4n) is 2.24. The third-order valence-corrected chi connectivity index (χ3v) is 5.45. The number of para-hydroxylation sites is 1. The van der Waals surface area contributed by atoms with Gasteiger partial charge in [-0.05, 0) is 25.0 Å². The van der Waals surface area contributed by atoms with Crippen LogP contribution in [0.3, 0.4) is 0 Å². The van der Waals surface area contributed by atoms with Crippen LogP contribution in [0.25, 0.3) is 0 Å². The maximum Gasteiger partial charge on any atom is 0.304 e. The minimum Gasteiger partial charge on any atom is -0.393 e. The van der Waals surface area contributed by atoms with E-state index in [2.05, 4.69) is 0 Å². The van der Waals surface area contributed by atoms with Crippen molar-refractivity contribution in [3.8, 4) is 0 Å². The lowest BCUT2D eigenvalue weighted by atomic mass is 10.3. The van der Waals surface area contributed by atoms with Gasteiger partial charge in [-0.3, -0.25) is 4.31 Å². The van der Waals surface area contributed by atoms with Gasteiger partial charge < -0.3 is 5.73 Å². The molecule has 110 valence electrons. The van der Waals surface area contributed by atoms with E-state index in [-0.39, 0.29) is 6.54 Å². The maximum absolute atomic E-state index is 12.7. The SMILES string of the molecule is NC(=S)CCN(c1ccccc1)S(=O)(=O)N1CCCC1. The van der Waals surface area contributed by atoms with Crippen LogP contribution in [0.4, 0.5) is 5.69 Å². The second-order valence-corrected chi connectivity index (χ2v) is 7.12. The zero-order valence-corrected chi connectivity index (χ0v) is 12.9. The van der Waals surface area contributed by atoms with Gasteiger partial charge in [0.1, 0.15) is 0 Å². The summed E-state index contributed by atoms with van der Waals surface area (Å²) in [6.07, 6.45) is 2.20. The first-order chi connectivity index (χ1) is 9.51. The first-order valence-electron chi connectivity index (χ1n) is 6.63. The summed E-state index contributed by atoms with van der Waals surface area (Å²) in [5.74, 6) is 0. The van der Waals surface area contributed by atoms with Gasteiger partial charge >= 0.3 is 10.2 Å². The van der Waals surface area contributed by atoms with Crippen molar-refractivity contribution < 1.29 is 8.42 Å². The van der Waals surface area contributed by atoms with E-state index in [0.29, 0.717) is 30.2 Å². The first kappa shape index (κ1) is 15.2. The van der Waals surface area contributed by atoms with E-state index in [1.54, 1.807) is 12.1 Å². The molecule has 0 saturated carbocycles. The predicted octanol–water partition coefficient (Wildman–Crippen LogP) is 1.51. The molecule has 0 bridgehead atoms. The lowest BCUT2D eigenvalue weighted by molar-refractivity contribution is 0.473. The van der Waals surface area contributed by atoms with Crippen LogP contribution in [0.2, 0.25) is 0 Å². The van der Waals surface area contributed by atoms with Gasteiger partial charge in [0.15, 0.2) is 0 Å². The Kier molecular flexibility index (Phi) is 4.95. The molecule has 2 rings (SSSR count). The zero-order chi connectivity index (χ0) is 14.6. The van der Waals surface area contributed by atoms with Crippen LogP contribution >= 0.6 is 12.2 Å². The largest absolute Gasteiger partial charge is 0.393 e. The Balaban J connectivity index is 2.28. The predicted molar refractivity (Wildman–Crippen MR) is 84.9 cm³/mol. The molecule has 7 heteroatoms. The van der Waals surface area contributed by atoms with Crippen LogP contribution in [-0.4, -0.2) is 37.3 Å². The van der Waals surface area contributed by atoms with Crippen LogP contribution < -0.4 is 10.0 Å². The van der Waals surface area contributed by atoms with Gasteiger partial charge in [0.05, 0.1) is 10.7 Å². The molecule has 0 aromatic heterocycles. The number of anilines is 1. The van der Waals surface area contributed by atoms with E-state index in [4.69, 9.17) is 18.0 Å². The van der Waals surface area contributed by atoms with Crippen molar-refractivity contribution in [2.45, 2.75) is 19.3 Å². The van der Waals surface area contributed by atoms with Crippen LogP contribution in [0.15, 0.2) is 30.3 Å². The second-order valence-electron chi connectivity index (χ2n) is 4.74. The van der Waals surface area contributed by atoms with Crippen LogP contribution in [-0.2, 0) is 10.2 Å². The molecule has 1 aromatic carbocycles. The van der Waals surface area contributed by atoms with Gasteiger partial charge in [-0.15, -0.1) is 0 Å². The third kappa shape index (κ3) is 3.47. The highest BCUT2D eigenvalue weighted by molar-refractivity contribution is 7.90. The molecule has 1 aliphatic heterocycles. The van der Waals surface area contributed by atoms with E-state index in [1.165, 1.54) is 8.61 Å². The number of hydrogen-bond donors (Lipinski definition) is 1. The minimum absolute atomic E-state index is 0.276. The summed E-state index contributed by atoms with van der Waals surface area (Å²) < 4.78 is 28.4. The summed E-state index contributed by atoms with van der Waals surface area (Å²) in [6, 6.07) is 9.07. The third-order valence-electron chi connectivity index (χ3n) is 3.28. The summed E-state index contributed by atoms with van der Waals surface area (Å²) >= 11 is 4.86. The number of nitrogens with two attached hydrogens (primary N) is 1. The number of nitrogens with zero attached hydrogens (tertiary/aromatic N) is 2. The monoisotopic (exact) mass is 313 g/mol. The summed E-state index contributed by atoms with van der Waals surface area (Å²) in [6.45, 7) is 1.44. The van der Waals surface area contributed by atoms with Gasteiger partial charge in [0.2, 0.25) is 0 Å². The van der Waals surface area contributed by atoms with Gasteiger partial charge in [-0.2, -0.15) is 12.7 Å². The molecule has 0 radical (unpaired) electrons. The van der Waals surface area contributed by atoms with Gasteiger partial charge in [-0.25, -0.2) is 0 Å². The zero-order valence-electron chi connectivity index (χ0n) is 11.2. The molecule has 2 N–H and O–H groups in total. The van der Waals surface area contributed by atoms with E-state index < -0.39 is 10.2 Å². The molecule has 1 heterocycles. The molecular formula is C13H19N3O2S2. The Morgan fingerprint density at radius 1 is 1.25 bits per heavy atom. The van der Waals surface area contributed by atoms with Crippen molar-refractivity contribution in [3.63, 3.8) is 0 Å².